The summed E-state index contributed by atoms with van der Waals surface area (Å²) in [6, 6.07) is 19.5. The van der Waals surface area contributed by atoms with Gasteiger partial charge in [-0.25, -0.2) is 0 Å². The van der Waals surface area contributed by atoms with E-state index in [-0.39, 0.29) is 0 Å². The van der Waals surface area contributed by atoms with Gasteiger partial charge in [-0.15, -0.1) is 0 Å². The lowest BCUT2D eigenvalue weighted by atomic mass is 9.64. The SMILES string of the molecule is Cc1ccc(C(=O)[B@@-]2(F)Oc3ccccc3-c3cccc(C)[n+]32)cc1. The fraction of sp³-hybridized carbons (Fsp3) is 0.100. The van der Waals surface area contributed by atoms with Gasteiger partial charge in [0.25, 0.3) is 0 Å². The van der Waals surface area contributed by atoms with Crippen LogP contribution in [0.15, 0.2) is 66.7 Å². The summed E-state index contributed by atoms with van der Waals surface area (Å²) in [7, 11) is 0. The lowest BCUT2D eigenvalue weighted by Gasteiger charge is -2.35. The molecule has 2 aromatic carbocycles. The van der Waals surface area contributed by atoms with E-state index in [0.29, 0.717) is 22.7 Å². The number of nitrogens with zero attached hydrogens (tertiary/aromatic N) is 1. The molecule has 1 aliphatic rings. The maximum absolute atomic E-state index is 16.1. The van der Waals surface area contributed by atoms with Crippen molar-refractivity contribution in [2.75, 3.05) is 0 Å². The number of hydrogen-bond donors (Lipinski definition) is 0. The third kappa shape index (κ3) is 2.35. The van der Waals surface area contributed by atoms with Crippen LogP contribution in [0.3, 0.4) is 0 Å². The molecule has 3 nitrogen and oxygen atoms in total. The number of pyridine rings is 1. The molecule has 1 atom stereocenters. The molecule has 0 saturated carbocycles. The lowest BCUT2D eigenvalue weighted by Crippen LogP contribution is -2.74. The number of benzene rings is 2. The second-order valence-electron chi connectivity index (χ2n) is 6.41. The molecular weight excluding hydrogens is 316 g/mol. The van der Waals surface area contributed by atoms with Gasteiger partial charge < -0.3 is 18.2 Å². The van der Waals surface area contributed by atoms with Crippen LogP contribution in [0.4, 0.5) is 4.32 Å². The molecule has 3 aromatic rings. The van der Waals surface area contributed by atoms with Crippen LogP contribution in [-0.2, 0) is 0 Å². The van der Waals surface area contributed by atoms with Gasteiger partial charge in [0.15, 0.2) is 11.4 Å². The van der Waals surface area contributed by atoms with E-state index in [0.717, 1.165) is 11.1 Å². The monoisotopic (exact) mass is 333 g/mol. The predicted molar refractivity (Wildman–Crippen MR) is 95.2 cm³/mol. The first-order valence-electron chi connectivity index (χ1n) is 8.25. The van der Waals surface area contributed by atoms with Gasteiger partial charge in [0.1, 0.15) is 5.69 Å². The van der Waals surface area contributed by atoms with Crippen LogP contribution in [0.2, 0.25) is 0 Å². The molecule has 0 bridgehead atoms. The third-order valence-electron chi connectivity index (χ3n) is 4.67. The fourth-order valence-electron chi connectivity index (χ4n) is 3.39. The number of halogens is 1. The van der Waals surface area contributed by atoms with Crippen molar-refractivity contribution in [3.8, 4) is 17.0 Å². The Morgan fingerprint density at radius 1 is 0.960 bits per heavy atom. The summed E-state index contributed by atoms with van der Waals surface area (Å²) in [6.07, 6.45) is 0. The van der Waals surface area contributed by atoms with Crippen molar-refractivity contribution in [2.24, 2.45) is 0 Å². The summed E-state index contributed by atoms with van der Waals surface area (Å²) in [6.45, 7) is 0.262. The zero-order valence-corrected chi connectivity index (χ0v) is 14.1. The third-order valence-corrected chi connectivity index (χ3v) is 4.67. The molecule has 124 valence electrons. The zero-order chi connectivity index (χ0) is 17.6. The highest BCUT2D eigenvalue weighted by Gasteiger charge is 2.56. The fourth-order valence-corrected chi connectivity index (χ4v) is 3.39. The van der Waals surface area contributed by atoms with Crippen molar-refractivity contribution in [1.82, 2.24) is 0 Å². The van der Waals surface area contributed by atoms with E-state index in [9.17, 15) is 4.79 Å². The number of fused-ring (bicyclic) bond motifs is 3. The molecule has 0 spiro atoms. The summed E-state index contributed by atoms with van der Waals surface area (Å²) in [5, 5.41) is 0. The average Bonchev–Trinajstić information content (AvgIpc) is 2.62. The zero-order valence-electron chi connectivity index (χ0n) is 14.1. The van der Waals surface area contributed by atoms with Crippen molar-refractivity contribution < 1.29 is 18.2 Å². The number of carbonyl (C=O) groups is 1. The van der Waals surface area contributed by atoms with Gasteiger partial charge in [0.05, 0.1) is 11.3 Å². The summed E-state index contributed by atoms with van der Waals surface area (Å²) in [4.78, 5) is 13.1. The number of carbonyl (C=O) groups excluding carboxylic acids is 1. The molecule has 0 unspecified atom stereocenters. The van der Waals surface area contributed by atoms with Crippen LogP contribution < -0.4 is 9.13 Å². The first kappa shape index (κ1) is 15.6. The van der Waals surface area contributed by atoms with Crippen LogP contribution in [0, 0.1) is 13.8 Å². The minimum atomic E-state index is -3.44. The molecule has 0 N–H and O–H groups in total. The molecule has 5 heteroatoms. The molecule has 0 radical (unpaired) electrons. The first-order chi connectivity index (χ1) is 12.0. The smallest absolute Gasteiger partial charge is 0.624 e. The van der Waals surface area contributed by atoms with Crippen LogP contribution in [-0.4, -0.2) is 12.4 Å². The Morgan fingerprint density at radius 2 is 1.68 bits per heavy atom. The molecule has 0 amide bonds. The van der Waals surface area contributed by atoms with E-state index in [1.165, 1.54) is 4.48 Å². The molecular formula is C20H17BFNO2. The molecule has 25 heavy (non-hydrogen) atoms. The molecule has 0 aliphatic carbocycles. The maximum atomic E-state index is 16.1. The Morgan fingerprint density at radius 3 is 2.44 bits per heavy atom. The van der Waals surface area contributed by atoms with Gasteiger partial charge in [0.2, 0.25) is 0 Å². The number of hydrogen-bond acceptors (Lipinski definition) is 2. The van der Waals surface area contributed by atoms with Crippen LogP contribution in [0.5, 0.6) is 5.75 Å². The highest BCUT2D eigenvalue weighted by Crippen LogP contribution is 2.35. The Labute approximate surface area is 145 Å². The second kappa shape index (κ2) is 5.55. The van der Waals surface area contributed by atoms with Gasteiger partial charge in [-0.2, -0.15) is 0 Å². The number of para-hydroxylation sites is 1. The lowest BCUT2D eigenvalue weighted by molar-refractivity contribution is -0.561. The van der Waals surface area contributed by atoms with Crippen molar-refractivity contribution in [2.45, 2.75) is 13.8 Å². The summed E-state index contributed by atoms with van der Waals surface area (Å²) in [5.74, 6) is 0.385. The van der Waals surface area contributed by atoms with Gasteiger partial charge in [0, 0.05) is 19.1 Å². The van der Waals surface area contributed by atoms with E-state index >= 15 is 4.32 Å². The number of aromatic nitrogens is 1. The van der Waals surface area contributed by atoms with Gasteiger partial charge >= 0.3 is 6.76 Å². The summed E-state index contributed by atoms with van der Waals surface area (Å²) < 4.78 is 23.2. The van der Waals surface area contributed by atoms with Crippen molar-refractivity contribution in [1.29, 1.82) is 0 Å². The van der Waals surface area contributed by atoms with Gasteiger partial charge in [-0.3, -0.25) is 0 Å². The van der Waals surface area contributed by atoms with E-state index in [1.54, 1.807) is 49.4 Å². The minimum absolute atomic E-state index is 0.300. The van der Waals surface area contributed by atoms with Crippen molar-refractivity contribution in [3.63, 3.8) is 0 Å². The molecule has 0 saturated heterocycles. The predicted octanol–water partition coefficient (Wildman–Crippen LogP) is 3.83. The van der Waals surface area contributed by atoms with E-state index in [1.807, 2.05) is 31.2 Å². The van der Waals surface area contributed by atoms with E-state index in [2.05, 4.69) is 0 Å². The van der Waals surface area contributed by atoms with E-state index in [4.69, 9.17) is 4.65 Å². The largest absolute Gasteiger partial charge is 0.704 e. The van der Waals surface area contributed by atoms with Crippen molar-refractivity contribution in [3.05, 3.63) is 83.6 Å². The van der Waals surface area contributed by atoms with Crippen molar-refractivity contribution >= 4 is 12.4 Å². The normalized spacial score (nSPS) is 18.0. The van der Waals surface area contributed by atoms with Crippen LogP contribution in [0.1, 0.15) is 21.6 Å². The minimum Gasteiger partial charge on any atom is -0.624 e. The molecule has 0 fully saturated rings. The van der Waals surface area contributed by atoms with E-state index < -0.39 is 12.4 Å². The summed E-state index contributed by atoms with van der Waals surface area (Å²) >= 11 is 0. The second-order valence-corrected chi connectivity index (χ2v) is 6.41. The standard InChI is InChI=1S/C20H17BFNO2/c1-14-10-12-16(13-11-14)20(24)21(22)23-15(2)6-5-8-18(23)17-7-3-4-9-19(17)25-21/h3-13H,1-2H3/t21-/m0/s1. The topological polar surface area (TPSA) is 30.2 Å². The Kier molecular flexibility index (Phi) is 3.46. The maximum Gasteiger partial charge on any atom is 0.704 e. The quantitative estimate of drug-likeness (QED) is 0.667. The Hall–Kier alpha value is -2.95. The molecule has 2 heterocycles. The number of aryl methyl sites for hydroxylation is 2. The van der Waals surface area contributed by atoms with Crippen LogP contribution in [0.25, 0.3) is 11.3 Å². The molecule has 1 aromatic heterocycles. The first-order valence-corrected chi connectivity index (χ1v) is 8.25. The highest BCUT2D eigenvalue weighted by molar-refractivity contribution is 6.93. The molecule has 4 rings (SSSR count). The Bertz CT molecular complexity index is 987. The highest BCUT2D eigenvalue weighted by atomic mass is 19.1. The Balaban J connectivity index is 1.94. The van der Waals surface area contributed by atoms with Gasteiger partial charge in [-0.05, 0) is 30.7 Å². The van der Waals surface area contributed by atoms with Gasteiger partial charge in [-0.1, -0.05) is 42.0 Å². The molecule has 1 aliphatic heterocycles. The average molecular weight is 333 g/mol. The summed E-state index contributed by atoms with van der Waals surface area (Å²) in [5.41, 5.74) is 2.71. The van der Waals surface area contributed by atoms with Crippen LogP contribution >= 0.6 is 0 Å². The number of rotatable bonds is 2.